The van der Waals surface area contributed by atoms with Gasteiger partial charge in [0.05, 0.1) is 18.3 Å². The minimum Gasteiger partial charge on any atom is -0.475 e. The number of hydrogen-bond donors (Lipinski definition) is 2. The molecule has 3 saturated heterocycles. The van der Waals surface area contributed by atoms with E-state index in [9.17, 15) is 31.1 Å². The van der Waals surface area contributed by atoms with Crippen LogP contribution in [0.1, 0.15) is 16.8 Å². The average Bonchev–Trinajstić information content (AvgIpc) is 3.50. The first-order valence-corrected chi connectivity index (χ1v) is 12.5. The Morgan fingerprint density at radius 3 is 2.03 bits per heavy atom. The van der Waals surface area contributed by atoms with Crippen LogP contribution in [0.2, 0.25) is 0 Å². The quantitative estimate of drug-likeness (QED) is 0.528. The zero-order valence-electron chi connectivity index (χ0n) is 20.4. The predicted molar refractivity (Wildman–Crippen MR) is 123 cm³/mol. The van der Waals surface area contributed by atoms with Crippen molar-refractivity contribution in [3.05, 3.63) is 22.4 Å². The number of halogens is 6. The van der Waals surface area contributed by atoms with Gasteiger partial charge in [0.25, 0.3) is 5.91 Å². The summed E-state index contributed by atoms with van der Waals surface area (Å²) in [4.78, 5) is 37.3. The van der Waals surface area contributed by atoms with Gasteiger partial charge < -0.3 is 24.7 Å². The molecule has 16 heteroatoms. The fourth-order valence-corrected chi connectivity index (χ4v) is 4.94. The van der Waals surface area contributed by atoms with Gasteiger partial charge >= 0.3 is 24.3 Å². The molecule has 3 atom stereocenters. The van der Waals surface area contributed by atoms with Crippen LogP contribution in [-0.2, 0) is 14.3 Å². The van der Waals surface area contributed by atoms with Crippen molar-refractivity contribution in [2.75, 3.05) is 59.5 Å². The number of carboxylic acid groups (broad SMARTS) is 2. The molecule has 1 amide bonds. The highest BCUT2D eigenvalue weighted by Crippen LogP contribution is 2.35. The van der Waals surface area contributed by atoms with Crippen LogP contribution in [0.3, 0.4) is 0 Å². The molecule has 0 aromatic carbocycles. The Morgan fingerprint density at radius 1 is 1.00 bits per heavy atom. The number of carbonyl (C=O) groups is 3. The number of fused-ring (bicyclic) bond motifs is 1. The van der Waals surface area contributed by atoms with E-state index >= 15 is 0 Å². The summed E-state index contributed by atoms with van der Waals surface area (Å²) in [5.41, 5.74) is 0.839. The molecule has 4 rings (SSSR count). The van der Waals surface area contributed by atoms with Gasteiger partial charge in [0, 0.05) is 57.1 Å². The number of amides is 1. The lowest BCUT2D eigenvalue weighted by molar-refractivity contribution is -0.193. The number of likely N-dealkylation sites (N-methyl/N-ethyl adjacent to an activating group) is 1. The summed E-state index contributed by atoms with van der Waals surface area (Å²) in [6.07, 6.45) is -8.73. The van der Waals surface area contributed by atoms with E-state index in [0.717, 1.165) is 64.4 Å². The molecule has 2 N–H and O–H groups in total. The first-order chi connectivity index (χ1) is 17.6. The summed E-state index contributed by atoms with van der Waals surface area (Å²) >= 11 is 1.59. The van der Waals surface area contributed by atoms with E-state index in [4.69, 9.17) is 24.5 Å². The molecule has 0 unspecified atom stereocenters. The maximum absolute atomic E-state index is 12.6. The fraction of sp³-hybridized carbons (Fsp3) is 0.682. The molecular formula is C22H29F6N3O6S. The van der Waals surface area contributed by atoms with Crippen LogP contribution in [0, 0.1) is 11.8 Å². The highest BCUT2D eigenvalue weighted by Gasteiger charge is 2.42. The molecule has 0 radical (unpaired) electrons. The molecule has 38 heavy (non-hydrogen) atoms. The van der Waals surface area contributed by atoms with Gasteiger partial charge in [-0.3, -0.25) is 9.69 Å². The Hall–Kier alpha value is -2.43. The number of thiophene rings is 1. The lowest BCUT2D eigenvalue weighted by Crippen LogP contribution is -2.49. The van der Waals surface area contributed by atoms with Crippen molar-refractivity contribution in [1.82, 2.24) is 14.7 Å². The first-order valence-electron chi connectivity index (χ1n) is 11.5. The topological polar surface area (TPSA) is 111 Å². The Labute approximate surface area is 218 Å². The molecule has 1 aromatic heterocycles. The van der Waals surface area contributed by atoms with E-state index in [1.807, 2.05) is 21.7 Å². The molecule has 0 spiro atoms. The van der Waals surface area contributed by atoms with Crippen molar-refractivity contribution in [2.45, 2.75) is 24.9 Å². The number of carboxylic acids is 2. The number of piperazine rings is 1. The zero-order valence-corrected chi connectivity index (χ0v) is 21.2. The Bertz CT molecular complexity index is 898. The molecule has 3 fully saturated rings. The predicted octanol–water partition coefficient (Wildman–Crippen LogP) is 2.74. The highest BCUT2D eigenvalue weighted by atomic mass is 32.1. The number of alkyl halides is 6. The van der Waals surface area contributed by atoms with Gasteiger partial charge in [-0.2, -0.15) is 37.7 Å². The normalized spacial score (nSPS) is 24.4. The van der Waals surface area contributed by atoms with Crippen LogP contribution in [0.25, 0.3) is 0 Å². The van der Waals surface area contributed by atoms with Gasteiger partial charge in [-0.25, -0.2) is 9.59 Å². The maximum Gasteiger partial charge on any atom is 0.490 e. The molecule has 3 aliphatic heterocycles. The number of rotatable bonds is 3. The van der Waals surface area contributed by atoms with E-state index in [0.29, 0.717) is 17.9 Å². The van der Waals surface area contributed by atoms with Crippen molar-refractivity contribution >= 4 is 29.2 Å². The molecule has 1 aromatic rings. The number of aliphatic carboxylic acids is 2. The van der Waals surface area contributed by atoms with Crippen molar-refractivity contribution in [3.63, 3.8) is 0 Å². The van der Waals surface area contributed by atoms with Crippen molar-refractivity contribution in [2.24, 2.45) is 11.8 Å². The minimum atomic E-state index is -5.08. The number of likely N-dealkylation sites (tertiary alicyclic amines) is 1. The molecule has 0 aliphatic carbocycles. The second-order valence-electron chi connectivity index (χ2n) is 9.06. The summed E-state index contributed by atoms with van der Waals surface area (Å²) in [6.45, 7) is 8.22. The Balaban J connectivity index is 0.000000301. The molecule has 4 heterocycles. The zero-order chi connectivity index (χ0) is 28.7. The van der Waals surface area contributed by atoms with Crippen molar-refractivity contribution in [3.8, 4) is 0 Å². The van der Waals surface area contributed by atoms with E-state index in [1.165, 1.54) is 0 Å². The van der Waals surface area contributed by atoms with E-state index in [1.54, 1.807) is 11.3 Å². The standard InChI is InChI=1S/C18H27N3O2S.2C2HF3O2/c1-19-5-7-20(8-6-19)11-17-16-2-4-21(10-15(16)12-23-17)18(22)14-3-9-24-13-14;2*3-2(4,5)1(6)7/h3,9,13,15-17H,2,4-8,10-12H2,1H3;2*(H,6,7)/t15-,16-,17+;;/m1../s1. The number of carbonyl (C=O) groups excluding carboxylic acids is 1. The molecule has 9 nitrogen and oxygen atoms in total. The monoisotopic (exact) mass is 577 g/mol. The summed E-state index contributed by atoms with van der Waals surface area (Å²) in [6, 6.07) is 1.93. The van der Waals surface area contributed by atoms with Gasteiger partial charge in [0.15, 0.2) is 0 Å². The average molecular weight is 578 g/mol. The van der Waals surface area contributed by atoms with Crippen LogP contribution in [0.4, 0.5) is 26.3 Å². The van der Waals surface area contributed by atoms with Gasteiger partial charge in [-0.05, 0) is 30.8 Å². The SMILES string of the molecule is CN1CCN(C[C@@H]2OC[C@H]3CN(C(=O)c4ccsc4)CC[C@H]32)CC1.O=C(O)C(F)(F)F.O=C(O)C(F)(F)F. The van der Waals surface area contributed by atoms with Gasteiger partial charge in [-0.1, -0.05) is 0 Å². The number of hydrogen-bond acceptors (Lipinski definition) is 7. The number of piperidine rings is 1. The van der Waals surface area contributed by atoms with Gasteiger partial charge in [-0.15, -0.1) is 0 Å². The lowest BCUT2D eigenvalue weighted by atomic mass is 9.84. The second kappa shape index (κ2) is 13.6. The number of ether oxygens (including phenoxy) is 1. The molecule has 0 bridgehead atoms. The van der Waals surface area contributed by atoms with Crippen LogP contribution in [-0.4, -0.2) is 121 Å². The Morgan fingerprint density at radius 2 is 1.55 bits per heavy atom. The van der Waals surface area contributed by atoms with E-state index in [2.05, 4.69) is 16.8 Å². The molecule has 216 valence electrons. The number of nitrogens with zero attached hydrogens (tertiary/aromatic N) is 3. The first kappa shape index (κ1) is 31.8. The van der Waals surface area contributed by atoms with E-state index in [-0.39, 0.29) is 5.91 Å². The van der Waals surface area contributed by atoms with Crippen molar-refractivity contribution in [1.29, 1.82) is 0 Å². The van der Waals surface area contributed by atoms with Crippen LogP contribution in [0.5, 0.6) is 0 Å². The fourth-order valence-electron chi connectivity index (χ4n) is 4.31. The third kappa shape index (κ3) is 9.71. The second-order valence-corrected chi connectivity index (χ2v) is 9.84. The lowest BCUT2D eigenvalue weighted by Gasteiger charge is -2.38. The van der Waals surface area contributed by atoms with Crippen molar-refractivity contribution < 1.29 is 55.7 Å². The summed E-state index contributed by atoms with van der Waals surface area (Å²) in [5, 5.41) is 18.2. The highest BCUT2D eigenvalue weighted by molar-refractivity contribution is 7.08. The third-order valence-electron chi connectivity index (χ3n) is 6.37. The summed E-state index contributed by atoms with van der Waals surface area (Å²) < 4.78 is 69.6. The minimum absolute atomic E-state index is 0.192. The summed E-state index contributed by atoms with van der Waals surface area (Å²) in [5.74, 6) is -4.19. The van der Waals surface area contributed by atoms with Gasteiger partial charge in [0.1, 0.15) is 0 Å². The molecule has 3 aliphatic rings. The molecule has 0 saturated carbocycles. The molecular weight excluding hydrogens is 548 g/mol. The van der Waals surface area contributed by atoms with E-state index < -0.39 is 24.3 Å². The largest absolute Gasteiger partial charge is 0.490 e. The third-order valence-corrected chi connectivity index (χ3v) is 7.05. The smallest absolute Gasteiger partial charge is 0.475 e. The van der Waals surface area contributed by atoms with Gasteiger partial charge in [0.2, 0.25) is 0 Å². The van der Waals surface area contributed by atoms with Crippen LogP contribution in [0.15, 0.2) is 16.8 Å². The Kier molecular flexibility index (Phi) is 11.4. The summed E-state index contributed by atoms with van der Waals surface area (Å²) in [7, 11) is 2.19. The van der Waals surface area contributed by atoms with Crippen LogP contribution >= 0.6 is 11.3 Å². The maximum atomic E-state index is 12.6. The van der Waals surface area contributed by atoms with Crippen LogP contribution < -0.4 is 0 Å².